The Bertz CT molecular complexity index is 217. The summed E-state index contributed by atoms with van der Waals surface area (Å²) in [5.41, 5.74) is 5.76. The number of amides is 1. The molecule has 0 spiro atoms. The zero-order chi connectivity index (χ0) is 9.68. The molecule has 1 fully saturated rings. The highest BCUT2D eigenvalue weighted by Gasteiger charge is 2.29. The van der Waals surface area contributed by atoms with E-state index in [9.17, 15) is 4.79 Å². The third kappa shape index (κ3) is 3.90. The first-order chi connectivity index (χ1) is 6.24. The monoisotopic (exact) mass is 181 g/mol. The van der Waals surface area contributed by atoms with Crippen molar-refractivity contribution in [3.8, 4) is 6.07 Å². The zero-order valence-corrected chi connectivity index (χ0v) is 7.62. The Morgan fingerprint density at radius 2 is 2.38 bits per heavy atom. The molecule has 3 N–H and O–H groups in total. The van der Waals surface area contributed by atoms with Crippen molar-refractivity contribution in [1.29, 1.82) is 5.26 Å². The highest BCUT2D eigenvalue weighted by molar-refractivity contribution is 5.76. The molecule has 13 heavy (non-hydrogen) atoms. The Labute approximate surface area is 78.1 Å². The van der Waals surface area contributed by atoms with E-state index in [4.69, 9.17) is 11.0 Å². The number of carbonyl (C=O) groups excluding carboxylic acids is 1. The summed E-state index contributed by atoms with van der Waals surface area (Å²) < 4.78 is 0. The van der Waals surface area contributed by atoms with E-state index in [1.807, 2.05) is 6.07 Å². The minimum absolute atomic E-state index is 0.0158. The third-order valence-corrected chi connectivity index (χ3v) is 2.21. The molecule has 0 aromatic carbocycles. The first-order valence-electron chi connectivity index (χ1n) is 4.63. The van der Waals surface area contributed by atoms with E-state index < -0.39 is 0 Å². The van der Waals surface area contributed by atoms with Crippen molar-refractivity contribution in [2.75, 3.05) is 6.54 Å². The lowest BCUT2D eigenvalue weighted by molar-refractivity contribution is -0.121. The number of nitriles is 1. The van der Waals surface area contributed by atoms with E-state index in [1.165, 1.54) is 0 Å². The fourth-order valence-corrected chi connectivity index (χ4v) is 1.24. The average Bonchev–Trinajstić information content (AvgIpc) is 2.86. The van der Waals surface area contributed by atoms with Gasteiger partial charge in [0.2, 0.25) is 5.91 Å². The molecular formula is C9H15N3O. The standard InChI is InChI=1S/C9H15N3O/c10-4-1-5-12-9(13)6-8(11)7-2-3-7/h7-8H,1-3,5-6,11H2,(H,12,13). The Morgan fingerprint density at radius 3 is 2.92 bits per heavy atom. The van der Waals surface area contributed by atoms with Gasteiger partial charge in [-0.1, -0.05) is 0 Å². The molecule has 1 atom stereocenters. The van der Waals surface area contributed by atoms with E-state index in [-0.39, 0.29) is 11.9 Å². The minimum atomic E-state index is -0.0327. The summed E-state index contributed by atoms with van der Waals surface area (Å²) in [6, 6.07) is 1.98. The highest BCUT2D eigenvalue weighted by atomic mass is 16.1. The van der Waals surface area contributed by atoms with Crippen LogP contribution in [0.1, 0.15) is 25.7 Å². The predicted molar refractivity (Wildman–Crippen MR) is 48.6 cm³/mol. The highest BCUT2D eigenvalue weighted by Crippen LogP contribution is 2.32. The summed E-state index contributed by atoms with van der Waals surface area (Å²) in [7, 11) is 0. The van der Waals surface area contributed by atoms with Crippen LogP contribution in [0.15, 0.2) is 0 Å². The molecule has 1 aliphatic carbocycles. The van der Waals surface area contributed by atoms with E-state index in [1.54, 1.807) is 0 Å². The van der Waals surface area contributed by atoms with Crippen LogP contribution in [-0.4, -0.2) is 18.5 Å². The first kappa shape index (κ1) is 10.0. The number of hydrogen-bond acceptors (Lipinski definition) is 3. The maximum atomic E-state index is 11.2. The lowest BCUT2D eigenvalue weighted by Gasteiger charge is -2.09. The van der Waals surface area contributed by atoms with Crippen LogP contribution in [0, 0.1) is 17.2 Å². The summed E-state index contributed by atoms with van der Waals surface area (Å²) in [5.74, 6) is 0.524. The maximum absolute atomic E-state index is 11.2. The van der Waals surface area contributed by atoms with E-state index >= 15 is 0 Å². The van der Waals surface area contributed by atoms with Crippen molar-refractivity contribution in [2.45, 2.75) is 31.7 Å². The van der Waals surface area contributed by atoms with Gasteiger partial charge in [-0.15, -0.1) is 0 Å². The third-order valence-electron chi connectivity index (χ3n) is 2.21. The molecule has 0 radical (unpaired) electrons. The van der Waals surface area contributed by atoms with E-state index in [2.05, 4.69) is 5.32 Å². The number of hydrogen-bond donors (Lipinski definition) is 2. The molecule has 72 valence electrons. The second-order valence-electron chi connectivity index (χ2n) is 3.46. The maximum Gasteiger partial charge on any atom is 0.221 e. The van der Waals surface area contributed by atoms with Crippen LogP contribution in [0.4, 0.5) is 0 Å². The van der Waals surface area contributed by atoms with Gasteiger partial charge < -0.3 is 11.1 Å². The molecule has 1 rings (SSSR count). The molecule has 1 unspecified atom stereocenters. The molecule has 1 saturated carbocycles. The van der Waals surface area contributed by atoms with Gasteiger partial charge in [0.05, 0.1) is 12.5 Å². The van der Waals surface area contributed by atoms with Crippen molar-refractivity contribution in [3.63, 3.8) is 0 Å². The Kier molecular flexibility index (Phi) is 3.71. The molecule has 0 aromatic rings. The van der Waals surface area contributed by atoms with Crippen molar-refractivity contribution >= 4 is 5.91 Å². The average molecular weight is 181 g/mol. The molecule has 0 heterocycles. The fraction of sp³-hybridized carbons (Fsp3) is 0.778. The number of nitrogens with one attached hydrogen (secondary N) is 1. The van der Waals surface area contributed by atoms with Crippen molar-refractivity contribution in [3.05, 3.63) is 0 Å². The molecular weight excluding hydrogens is 166 g/mol. The van der Waals surface area contributed by atoms with Crippen LogP contribution < -0.4 is 11.1 Å². The van der Waals surface area contributed by atoms with Crippen LogP contribution in [0.5, 0.6) is 0 Å². The van der Waals surface area contributed by atoms with Gasteiger partial charge in [-0.25, -0.2) is 0 Å². The lowest BCUT2D eigenvalue weighted by Crippen LogP contribution is -2.33. The van der Waals surface area contributed by atoms with Crippen molar-refractivity contribution < 1.29 is 4.79 Å². The summed E-state index contributed by atoms with van der Waals surface area (Å²) >= 11 is 0. The zero-order valence-electron chi connectivity index (χ0n) is 7.62. The molecule has 0 aromatic heterocycles. The van der Waals surface area contributed by atoms with Gasteiger partial charge in [-0.05, 0) is 18.8 Å². The number of carbonyl (C=O) groups is 1. The largest absolute Gasteiger partial charge is 0.355 e. The number of nitrogens with two attached hydrogens (primary N) is 1. The van der Waals surface area contributed by atoms with Crippen LogP contribution in [0.2, 0.25) is 0 Å². The van der Waals surface area contributed by atoms with Crippen LogP contribution in [-0.2, 0) is 4.79 Å². The smallest absolute Gasteiger partial charge is 0.221 e. The van der Waals surface area contributed by atoms with Crippen LogP contribution >= 0.6 is 0 Å². The van der Waals surface area contributed by atoms with Gasteiger partial charge in [0, 0.05) is 19.0 Å². The topological polar surface area (TPSA) is 78.9 Å². The van der Waals surface area contributed by atoms with Gasteiger partial charge in [0.25, 0.3) is 0 Å². The predicted octanol–water partition coefficient (Wildman–Crippen LogP) is 0.144. The molecule has 0 aliphatic heterocycles. The van der Waals surface area contributed by atoms with Crippen molar-refractivity contribution in [1.82, 2.24) is 5.32 Å². The molecule has 1 amide bonds. The second-order valence-corrected chi connectivity index (χ2v) is 3.46. The summed E-state index contributed by atoms with van der Waals surface area (Å²) in [5, 5.41) is 10.9. The number of nitrogens with zero attached hydrogens (tertiary/aromatic N) is 1. The van der Waals surface area contributed by atoms with Gasteiger partial charge in [-0.2, -0.15) is 5.26 Å². The lowest BCUT2D eigenvalue weighted by atomic mass is 10.1. The van der Waals surface area contributed by atoms with E-state index in [0.29, 0.717) is 25.3 Å². The number of rotatable bonds is 5. The Hall–Kier alpha value is -1.08. The summed E-state index contributed by atoms with van der Waals surface area (Å²) in [4.78, 5) is 11.2. The van der Waals surface area contributed by atoms with E-state index in [0.717, 1.165) is 12.8 Å². The van der Waals surface area contributed by atoms with Gasteiger partial charge in [0.15, 0.2) is 0 Å². The summed E-state index contributed by atoms with van der Waals surface area (Å²) in [6.07, 6.45) is 3.08. The van der Waals surface area contributed by atoms with Crippen LogP contribution in [0.25, 0.3) is 0 Å². The SMILES string of the molecule is N#CCCNC(=O)CC(N)C1CC1. The van der Waals surface area contributed by atoms with Gasteiger partial charge in [0.1, 0.15) is 0 Å². The van der Waals surface area contributed by atoms with Crippen molar-refractivity contribution in [2.24, 2.45) is 11.7 Å². The molecule has 4 heteroatoms. The van der Waals surface area contributed by atoms with Gasteiger partial charge in [-0.3, -0.25) is 4.79 Å². The fourth-order valence-electron chi connectivity index (χ4n) is 1.24. The Balaban J connectivity index is 2.06. The normalized spacial score (nSPS) is 17.5. The molecule has 0 saturated heterocycles. The molecule has 1 aliphatic rings. The Morgan fingerprint density at radius 1 is 1.69 bits per heavy atom. The quantitative estimate of drug-likeness (QED) is 0.592. The minimum Gasteiger partial charge on any atom is -0.355 e. The van der Waals surface area contributed by atoms with Gasteiger partial charge >= 0.3 is 0 Å². The first-order valence-corrected chi connectivity index (χ1v) is 4.63. The second kappa shape index (κ2) is 4.83. The molecule has 0 bridgehead atoms. The molecule has 4 nitrogen and oxygen atoms in total. The summed E-state index contributed by atoms with van der Waals surface area (Å²) in [6.45, 7) is 0.437. The van der Waals surface area contributed by atoms with Crippen LogP contribution in [0.3, 0.4) is 0 Å².